The van der Waals surface area contributed by atoms with Crippen molar-refractivity contribution in [1.29, 1.82) is 0 Å². The molecule has 0 heterocycles. The van der Waals surface area contributed by atoms with Crippen molar-refractivity contribution in [2.75, 3.05) is 19.8 Å². The Bertz CT molecular complexity index is 89.1. The lowest BCUT2D eigenvalue weighted by molar-refractivity contribution is 0.663. The summed E-state index contributed by atoms with van der Waals surface area (Å²) < 4.78 is 0. The topological polar surface area (TPSA) is 24.1 Å². The van der Waals surface area contributed by atoms with Crippen molar-refractivity contribution in [3.05, 3.63) is 12.3 Å². The van der Waals surface area contributed by atoms with E-state index in [-0.39, 0.29) is 6.04 Å². The van der Waals surface area contributed by atoms with Crippen molar-refractivity contribution < 1.29 is 0 Å². The van der Waals surface area contributed by atoms with Crippen LogP contribution in [-0.2, 0) is 0 Å². The zero-order chi connectivity index (χ0) is 7.28. The first-order chi connectivity index (χ1) is 4.26. The van der Waals surface area contributed by atoms with Gasteiger partial charge in [-0.25, -0.2) is 0 Å². The highest BCUT2D eigenvalue weighted by atomic mass is 32.1. The molecule has 0 rings (SSSR count). The van der Waals surface area contributed by atoms with Gasteiger partial charge in [-0.05, 0) is 7.05 Å². The SMILES string of the molecule is C=C(NC)C(CS)NC. The molecule has 1 atom stereocenters. The molecule has 1 unspecified atom stereocenters. The molecule has 0 saturated heterocycles. The van der Waals surface area contributed by atoms with Gasteiger partial charge in [0.15, 0.2) is 0 Å². The zero-order valence-corrected chi connectivity index (χ0v) is 6.83. The first-order valence-corrected chi connectivity index (χ1v) is 3.54. The van der Waals surface area contributed by atoms with Gasteiger partial charge in [-0.1, -0.05) is 6.58 Å². The van der Waals surface area contributed by atoms with Gasteiger partial charge in [-0.15, -0.1) is 0 Å². The average Bonchev–Trinajstić information content (AvgIpc) is 1.90. The van der Waals surface area contributed by atoms with Crippen LogP contribution in [0.15, 0.2) is 12.3 Å². The summed E-state index contributed by atoms with van der Waals surface area (Å²) in [5.74, 6) is 0.774. The first-order valence-electron chi connectivity index (χ1n) is 2.91. The third kappa shape index (κ3) is 2.77. The van der Waals surface area contributed by atoms with Crippen LogP contribution in [0.5, 0.6) is 0 Å². The average molecular weight is 146 g/mol. The van der Waals surface area contributed by atoms with Gasteiger partial charge in [0.05, 0.1) is 6.04 Å². The molecule has 0 aliphatic rings. The standard InChI is InChI=1S/C6H14N2S/c1-5(7-2)6(4-9)8-3/h6-9H,1,4H2,2-3H3. The monoisotopic (exact) mass is 146 g/mol. The van der Waals surface area contributed by atoms with Gasteiger partial charge in [0.1, 0.15) is 0 Å². The molecule has 0 aromatic rings. The van der Waals surface area contributed by atoms with E-state index in [9.17, 15) is 0 Å². The second-order valence-electron chi connectivity index (χ2n) is 1.80. The Morgan fingerprint density at radius 1 is 1.67 bits per heavy atom. The molecule has 0 amide bonds. The van der Waals surface area contributed by atoms with E-state index in [4.69, 9.17) is 0 Å². The fourth-order valence-electron chi connectivity index (χ4n) is 0.550. The van der Waals surface area contributed by atoms with Crippen molar-refractivity contribution >= 4 is 12.6 Å². The third-order valence-corrected chi connectivity index (χ3v) is 1.64. The number of hydrogen-bond acceptors (Lipinski definition) is 3. The highest BCUT2D eigenvalue weighted by Gasteiger charge is 2.03. The predicted octanol–water partition coefficient (Wildman–Crippen LogP) is 0.237. The van der Waals surface area contributed by atoms with Crippen LogP contribution in [0.2, 0.25) is 0 Å². The summed E-state index contributed by atoms with van der Waals surface area (Å²) in [6.45, 7) is 3.79. The van der Waals surface area contributed by atoms with E-state index in [1.165, 1.54) is 0 Å². The van der Waals surface area contributed by atoms with Crippen molar-refractivity contribution in [3.8, 4) is 0 Å². The van der Waals surface area contributed by atoms with Crippen molar-refractivity contribution in [3.63, 3.8) is 0 Å². The number of likely N-dealkylation sites (N-methyl/N-ethyl adjacent to an activating group) is 2. The second-order valence-corrected chi connectivity index (χ2v) is 2.16. The van der Waals surface area contributed by atoms with Crippen LogP contribution < -0.4 is 10.6 Å². The van der Waals surface area contributed by atoms with E-state index < -0.39 is 0 Å². The Labute approximate surface area is 62.1 Å². The van der Waals surface area contributed by atoms with Crippen LogP contribution in [0, 0.1) is 0 Å². The van der Waals surface area contributed by atoms with Gasteiger partial charge in [-0.3, -0.25) is 0 Å². The van der Waals surface area contributed by atoms with Gasteiger partial charge in [0.2, 0.25) is 0 Å². The molecule has 0 aromatic carbocycles. The van der Waals surface area contributed by atoms with Gasteiger partial charge in [-0.2, -0.15) is 12.6 Å². The Kier molecular flexibility index (Phi) is 4.62. The van der Waals surface area contributed by atoms with E-state index in [1.54, 1.807) is 0 Å². The third-order valence-electron chi connectivity index (χ3n) is 1.27. The fourth-order valence-corrected chi connectivity index (χ4v) is 0.953. The first kappa shape index (κ1) is 8.85. The van der Waals surface area contributed by atoms with Gasteiger partial charge in [0, 0.05) is 18.5 Å². The number of nitrogens with one attached hydrogen (secondary N) is 2. The van der Waals surface area contributed by atoms with Crippen LogP contribution >= 0.6 is 12.6 Å². The highest BCUT2D eigenvalue weighted by molar-refractivity contribution is 7.80. The van der Waals surface area contributed by atoms with Crippen molar-refractivity contribution in [2.45, 2.75) is 6.04 Å². The lowest BCUT2D eigenvalue weighted by Crippen LogP contribution is -2.33. The second kappa shape index (κ2) is 4.70. The molecule has 0 aliphatic carbocycles. The molecule has 0 aliphatic heterocycles. The maximum absolute atomic E-state index is 4.13. The summed E-state index contributed by atoms with van der Waals surface area (Å²) in [5.41, 5.74) is 0.979. The van der Waals surface area contributed by atoms with Gasteiger partial charge < -0.3 is 10.6 Å². The molecule has 9 heavy (non-hydrogen) atoms. The van der Waals surface area contributed by atoms with Gasteiger partial charge >= 0.3 is 0 Å². The molecular formula is C6H14N2S. The van der Waals surface area contributed by atoms with Crippen LogP contribution in [0.1, 0.15) is 0 Å². The van der Waals surface area contributed by atoms with Crippen LogP contribution in [0.3, 0.4) is 0 Å². The minimum atomic E-state index is 0.276. The molecule has 2 nitrogen and oxygen atoms in total. The van der Waals surface area contributed by atoms with Crippen molar-refractivity contribution in [2.24, 2.45) is 0 Å². The Morgan fingerprint density at radius 2 is 2.22 bits per heavy atom. The molecule has 0 saturated carbocycles. The molecule has 3 heteroatoms. The highest BCUT2D eigenvalue weighted by Crippen LogP contribution is 1.94. The van der Waals surface area contributed by atoms with Crippen LogP contribution in [0.4, 0.5) is 0 Å². The molecule has 54 valence electrons. The molecule has 0 spiro atoms. The van der Waals surface area contributed by atoms with E-state index in [2.05, 4.69) is 29.8 Å². The molecular weight excluding hydrogens is 132 g/mol. The summed E-state index contributed by atoms with van der Waals surface area (Å²) in [7, 11) is 3.75. The number of rotatable bonds is 4. The van der Waals surface area contributed by atoms with Crippen LogP contribution in [0.25, 0.3) is 0 Å². The summed E-state index contributed by atoms with van der Waals surface area (Å²) in [5, 5.41) is 6.02. The summed E-state index contributed by atoms with van der Waals surface area (Å²) >= 11 is 4.13. The number of thiol groups is 1. The predicted molar refractivity (Wildman–Crippen MR) is 44.9 cm³/mol. The molecule has 0 fully saturated rings. The maximum Gasteiger partial charge on any atom is 0.0550 e. The van der Waals surface area contributed by atoms with E-state index in [0.717, 1.165) is 11.4 Å². The zero-order valence-electron chi connectivity index (χ0n) is 5.94. The normalized spacial score (nSPS) is 12.8. The Balaban J connectivity index is 3.64. The summed E-state index contributed by atoms with van der Waals surface area (Å²) in [6, 6.07) is 0.276. The fraction of sp³-hybridized carbons (Fsp3) is 0.667. The Hall–Kier alpha value is -0.150. The molecule has 2 N–H and O–H groups in total. The smallest absolute Gasteiger partial charge is 0.0550 e. The van der Waals surface area contributed by atoms with Gasteiger partial charge in [0.25, 0.3) is 0 Å². The Morgan fingerprint density at radius 3 is 2.33 bits per heavy atom. The quantitative estimate of drug-likeness (QED) is 0.495. The minimum absolute atomic E-state index is 0.276. The van der Waals surface area contributed by atoms with E-state index in [1.807, 2.05) is 14.1 Å². The number of hydrogen-bond donors (Lipinski definition) is 3. The van der Waals surface area contributed by atoms with E-state index >= 15 is 0 Å². The van der Waals surface area contributed by atoms with Crippen LogP contribution in [-0.4, -0.2) is 25.9 Å². The molecule has 0 radical (unpaired) electrons. The lowest BCUT2D eigenvalue weighted by Gasteiger charge is -2.15. The largest absolute Gasteiger partial charge is 0.391 e. The summed E-state index contributed by atoms with van der Waals surface area (Å²) in [4.78, 5) is 0. The summed E-state index contributed by atoms with van der Waals surface area (Å²) in [6.07, 6.45) is 0. The lowest BCUT2D eigenvalue weighted by atomic mass is 10.3. The minimum Gasteiger partial charge on any atom is -0.391 e. The molecule has 0 bridgehead atoms. The van der Waals surface area contributed by atoms with Crippen molar-refractivity contribution in [1.82, 2.24) is 10.6 Å². The molecule has 0 aromatic heterocycles. The van der Waals surface area contributed by atoms with E-state index in [0.29, 0.717) is 0 Å². The maximum atomic E-state index is 4.13.